The second-order valence-corrected chi connectivity index (χ2v) is 3.79. The highest BCUT2D eigenvalue weighted by Gasteiger charge is 2.15. The summed E-state index contributed by atoms with van der Waals surface area (Å²) in [5.74, 6) is 0. The molecular weight excluding hydrogens is 150 g/mol. The van der Waals surface area contributed by atoms with E-state index in [2.05, 4.69) is 5.32 Å². The summed E-state index contributed by atoms with van der Waals surface area (Å²) < 4.78 is 0. The normalized spacial score (nSPS) is 20.5. The Morgan fingerprint density at radius 1 is 1.50 bits per heavy atom. The molecule has 1 aliphatic carbocycles. The Balaban J connectivity index is 1.82. The smallest absolute Gasteiger partial charge is 0.0538 e. The Morgan fingerprint density at radius 2 is 2.25 bits per heavy atom. The van der Waals surface area contributed by atoms with Gasteiger partial charge in [0.1, 0.15) is 0 Å². The Bertz CT molecular complexity index is 106. The first-order chi connectivity index (χ1) is 5.83. The van der Waals surface area contributed by atoms with Gasteiger partial charge in [-0.3, -0.25) is 0 Å². The van der Waals surface area contributed by atoms with Gasteiger partial charge in [0.2, 0.25) is 0 Å². The van der Waals surface area contributed by atoms with Gasteiger partial charge in [-0.05, 0) is 38.6 Å². The third-order valence-electron chi connectivity index (χ3n) is 2.72. The van der Waals surface area contributed by atoms with Crippen LogP contribution in [0.1, 0.15) is 45.4 Å². The minimum atomic E-state index is -0.0757. The molecule has 2 heteroatoms. The zero-order valence-electron chi connectivity index (χ0n) is 8.05. The van der Waals surface area contributed by atoms with Crippen molar-refractivity contribution in [1.82, 2.24) is 5.32 Å². The summed E-state index contributed by atoms with van der Waals surface area (Å²) in [4.78, 5) is 0. The second-order valence-electron chi connectivity index (χ2n) is 3.79. The molecule has 12 heavy (non-hydrogen) atoms. The molecule has 1 fully saturated rings. The van der Waals surface area contributed by atoms with E-state index in [-0.39, 0.29) is 6.10 Å². The number of hydrogen-bond donors (Lipinski definition) is 2. The molecule has 1 rings (SSSR count). The fourth-order valence-electron chi connectivity index (χ4n) is 1.46. The minimum Gasteiger partial charge on any atom is -0.393 e. The van der Waals surface area contributed by atoms with Gasteiger partial charge < -0.3 is 10.4 Å². The predicted molar refractivity (Wildman–Crippen MR) is 51.2 cm³/mol. The number of aliphatic hydroxyl groups excluding tert-OH is 1. The molecule has 0 aromatic carbocycles. The van der Waals surface area contributed by atoms with Gasteiger partial charge in [0.05, 0.1) is 6.10 Å². The topological polar surface area (TPSA) is 32.3 Å². The molecule has 0 aromatic heterocycles. The SMILES string of the molecule is CCC(O)CCCNC1CCC1. The lowest BCUT2D eigenvalue weighted by Gasteiger charge is -2.26. The Labute approximate surface area is 75.4 Å². The van der Waals surface area contributed by atoms with E-state index in [1.54, 1.807) is 0 Å². The van der Waals surface area contributed by atoms with E-state index in [9.17, 15) is 5.11 Å². The third kappa shape index (κ3) is 3.55. The van der Waals surface area contributed by atoms with E-state index < -0.39 is 0 Å². The van der Waals surface area contributed by atoms with E-state index >= 15 is 0 Å². The van der Waals surface area contributed by atoms with Gasteiger partial charge in [-0.15, -0.1) is 0 Å². The van der Waals surface area contributed by atoms with Gasteiger partial charge in [-0.25, -0.2) is 0 Å². The van der Waals surface area contributed by atoms with Crippen molar-refractivity contribution in [2.45, 2.75) is 57.6 Å². The van der Waals surface area contributed by atoms with E-state index in [0.29, 0.717) is 0 Å². The molecule has 0 heterocycles. The van der Waals surface area contributed by atoms with Crippen molar-refractivity contribution < 1.29 is 5.11 Å². The summed E-state index contributed by atoms with van der Waals surface area (Å²) >= 11 is 0. The van der Waals surface area contributed by atoms with Crippen LogP contribution in [0.2, 0.25) is 0 Å². The van der Waals surface area contributed by atoms with Crippen molar-refractivity contribution in [3.05, 3.63) is 0 Å². The molecule has 2 N–H and O–H groups in total. The van der Waals surface area contributed by atoms with E-state index in [0.717, 1.165) is 31.8 Å². The highest BCUT2D eigenvalue weighted by atomic mass is 16.3. The first-order valence-corrected chi connectivity index (χ1v) is 5.24. The highest BCUT2D eigenvalue weighted by molar-refractivity contribution is 4.75. The Hall–Kier alpha value is -0.0800. The average Bonchev–Trinajstić information content (AvgIpc) is 2.00. The van der Waals surface area contributed by atoms with Crippen LogP contribution in [0.5, 0.6) is 0 Å². The van der Waals surface area contributed by atoms with Gasteiger partial charge in [0, 0.05) is 6.04 Å². The lowest BCUT2D eigenvalue weighted by Crippen LogP contribution is -2.35. The lowest BCUT2D eigenvalue weighted by molar-refractivity contribution is 0.156. The summed E-state index contributed by atoms with van der Waals surface area (Å²) in [7, 11) is 0. The number of aliphatic hydroxyl groups is 1. The second kappa shape index (κ2) is 5.55. The molecule has 0 saturated heterocycles. The first-order valence-electron chi connectivity index (χ1n) is 5.24. The summed E-state index contributed by atoms with van der Waals surface area (Å²) in [6, 6.07) is 0.795. The van der Waals surface area contributed by atoms with Crippen molar-refractivity contribution in [1.29, 1.82) is 0 Å². The minimum absolute atomic E-state index is 0.0757. The molecule has 72 valence electrons. The zero-order valence-corrected chi connectivity index (χ0v) is 8.05. The molecule has 1 atom stereocenters. The van der Waals surface area contributed by atoms with Gasteiger partial charge in [-0.2, -0.15) is 0 Å². The van der Waals surface area contributed by atoms with Gasteiger partial charge in [-0.1, -0.05) is 13.3 Å². The third-order valence-corrected chi connectivity index (χ3v) is 2.72. The fourth-order valence-corrected chi connectivity index (χ4v) is 1.46. The lowest BCUT2D eigenvalue weighted by atomic mass is 9.93. The van der Waals surface area contributed by atoms with Crippen LogP contribution < -0.4 is 5.32 Å². The van der Waals surface area contributed by atoms with Crippen molar-refractivity contribution in [2.75, 3.05) is 6.54 Å². The van der Waals surface area contributed by atoms with Crippen LogP contribution in [-0.2, 0) is 0 Å². The summed E-state index contributed by atoms with van der Waals surface area (Å²) in [5, 5.41) is 12.8. The molecule has 0 radical (unpaired) electrons. The first kappa shape index (κ1) is 10.0. The number of nitrogens with one attached hydrogen (secondary N) is 1. The molecule has 1 saturated carbocycles. The van der Waals surface area contributed by atoms with Gasteiger partial charge in [0.25, 0.3) is 0 Å². The summed E-state index contributed by atoms with van der Waals surface area (Å²) in [6.45, 7) is 3.12. The molecular formula is C10H21NO. The maximum atomic E-state index is 9.27. The van der Waals surface area contributed by atoms with Crippen LogP contribution in [0.15, 0.2) is 0 Å². The predicted octanol–water partition coefficient (Wildman–Crippen LogP) is 1.68. The molecule has 0 amide bonds. The highest BCUT2D eigenvalue weighted by Crippen LogP contribution is 2.17. The largest absolute Gasteiger partial charge is 0.393 e. The van der Waals surface area contributed by atoms with Crippen LogP contribution in [-0.4, -0.2) is 23.8 Å². The Morgan fingerprint density at radius 3 is 2.75 bits per heavy atom. The molecule has 0 aliphatic heterocycles. The summed E-state index contributed by atoms with van der Waals surface area (Å²) in [6.07, 6.45) is 7.00. The van der Waals surface area contributed by atoms with Gasteiger partial charge in [0.15, 0.2) is 0 Å². The van der Waals surface area contributed by atoms with Crippen LogP contribution in [0.3, 0.4) is 0 Å². The summed E-state index contributed by atoms with van der Waals surface area (Å²) in [5.41, 5.74) is 0. The van der Waals surface area contributed by atoms with Gasteiger partial charge >= 0.3 is 0 Å². The zero-order chi connectivity index (χ0) is 8.81. The van der Waals surface area contributed by atoms with Crippen LogP contribution in [0.4, 0.5) is 0 Å². The molecule has 0 aromatic rings. The van der Waals surface area contributed by atoms with Crippen LogP contribution >= 0.6 is 0 Å². The quantitative estimate of drug-likeness (QED) is 0.596. The fraction of sp³-hybridized carbons (Fsp3) is 1.00. The monoisotopic (exact) mass is 171 g/mol. The van der Waals surface area contributed by atoms with E-state index in [1.807, 2.05) is 6.92 Å². The van der Waals surface area contributed by atoms with Crippen LogP contribution in [0, 0.1) is 0 Å². The molecule has 1 aliphatic rings. The van der Waals surface area contributed by atoms with Crippen molar-refractivity contribution >= 4 is 0 Å². The number of hydrogen-bond acceptors (Lipinski definition) is 2. The average molecular weight is 171 g/mol. The van der Waals surface area contributed by atoms with Crippen molar-refractivity contribution in [3.63, 3.8) is 0 Å². The Kier molecular flexibility index (Phi) is 4.62. The van der Waals surface area contributed by atoms with E-state index in [4.69, 9.17) is 0 Å². The standard InChI is InChI=1S/C10H21NO/c1-2-10(12)7-4-8-11-9-5-3-6-9/h9-12H,2-8H2,1H3. The molecule has 0 spiro atoms. The van der Waals surface area contributed by atoms with Crippen molar-refractivity contribution in [3.8, 4) is 0 Å². The van der Waals surface area contributed by atoms with Crippen LogP contribution in [0.25, 0.3) is 0 Å². The van der Waals surface area contributed by atoms with E-state index in [1.165, 1.54) is 19.3 Å². The number of rotatable bonds is 6. The molecule has 2 nitrogen and oxygen atoms in total. The maximum absolute atomic E-state index is 9.27. The maximum Gasteiger partial charge on any atom is 0.0538 e. The van der Waals surface area contributed by atoms with Crippen molar-refractivity contribution in [2.24, 2.45) is 0 Å². The molecule has 1 unspecified atom stereocenters. The molecule has 0 bridgehead atoms.